The number of halogens is 3. The summed E-state index contributed by atoms with van der Waals surface area (Å²) in [4.78, 5) is 4.38. The van der Waals surface area contributed by atoms with Crippen molar-refractivity contribution < 1.29 is 13.2 Å². The summed E-state index contributed by atoms with van der Waals surface area (Å²) in [6.45, 7) is 1.90. The molecule has 0 aliphatic carbocycles. The number of nitrogens with zero attached hydrogens (tertiary/aromatic N) is 1. The molecule has 0 radical (unpaired) electrons. The molecule has 0 atom stereocenters. The lowest BCUT2D eigenvalue weighted by molar-refractivity contribution is -0.137. The lowest BCUT2D eigenvalue weighted by Gasteiger charge is -2.10. The molecule has 5 heteroatoms. The Labute approximate surface area is 117 Å². The van der Waals surface area contributed by atoms with Crippen LogP contribution in [0, 0.1) is 6.92 Å². The molecule has 1 heterocycles. The van der Waals surface area contributed by atoms with Gasteiger partial charge in [0.15, 0.2) is 0 Å². The van der Waals surface area contributed by atoms with E-state index in [2.05, 4.69) is 4.98 Å². The second-order valence-electron chi connectivity index (χ2n) is 4.48. The molecule has 0 saturated carbocycles. The van der Waals surface area contributed by atoms with Gasteiger partial charge in [0.1, 0.15) is 5.01 Å². The molecular formula is C15H10F3NS. The van der Waals surface area contributed by atoms with Crippen LogP contribution in [0.25, 0.3) is 20.8 Å². The maximum Gasteiger partial charge on any atom is 0.417 e. The van der Waals surface area contributed by atoms with Crippen molar-refractivity contribution in [1.82, 2.24) is 4.98 Å². The number of alkyl halides is 3. The molecule has 1 aromatic heterocycles. The predicted octanol–water partition coefficient (Wildman–Crippen LogP) is 5.29. The highest BCUT2D eigenvalue weighted by Crippen LogP contribution is 2.39. The topological polar surface area (TPSA) is 12.9 Å². The number of hydrogen-bond donors (Lipinski definition) is 0. The third-order valence-electron chi connectivity index (χ3n) is 3.08. The number of hydrogen-bond acceptors (Lipinski definition) is 2. The second kappa shape index (κ2) is 4.59. The third kappa shape index (κ3) is 2.18. The van der Waals surface area contributed by atoms with Crippen molar-refractivity contribution in [2.45, 2.75) is 13.1 Å². The molecule has 0 bridgehead atoms. The molecule has 102 valence electrons. The Bertz CT molecular complexity index is 774. The van der Waals surface area contributed by atoms with Crippen molar-refractivity contribution in [3.05, 3.63) is 53.6 Å². The van der Waals surface area contributed by atoms with Crippen molar-refractivity contribution in [2.75, 3.05) is 0 Å². The average Bonchev–Trinajstić information content (AvgIpc) is 2.83. The minimum atomic E-state index is -4.37. The molecule has 0 spiro atoms. The molecule has 20 heavy (non-hydrogen) atoms. The van der Waals surface area contributed by atoms with Crippen LogP contribution in [0.2, 0.25) is 0 Å². The van der Waals surface area contributed by atoms with Gasteiger partial charge in [-0.05, 0) is 24.6 Å². The number of para-hydroxylation sites is 1. The standard InChI is InChI=1S/C15H10F3NS/c1-9-5-4-8-12-13(9)19-14(20-12)10-6-2-3-7-11(10)15(16,17)18/h2-8H,1H3. The minimum Gasteiger partial charge on any atom is -0.236 e. The Morgan fingerprint density at radius 1 is 1.00 bits per heavy atom. The van der Waals surface area contributed by atoms with Crippen LogP contribution in [-0.4, -0.2) is 4.98 Å². The zero-order valence-corrected chi connectivity index (χ0v) is 11.3. The van der Waals surface area contributed by atoms with Gasteiger partial charge in [0, 0.05) is 5.56 Å². The number of aromatic nitrogens is 1. The van der Waals surface area contributed by atoms with E-state index in [1.54, 1.807) is 6.07 Å². The molecule has 0 saturated heterocycles. The van der Waals surface area contributed by atoms with Gasteiger partial charge in [-0.2, -0.15) is 13.2 Å². The molecule has 0 unspecified atom stereocenters. The molecular weight excluding hydrogens is 283 g/mol. The number of benzene rings is 2. The third-order valence-corrected chi connectivity index (χ3v) is 4.14. The second-order valence-corrected chi connectivity index (χ2v) is 5.51. The smallest absolute Gasteiger partial charge is 0.236 e. The highest BCUT2D eigenvalue weighted by atomic mass is 32.1. The van der Waals surface area contributed by atoms with Gasteiger partial charge in [0.05, 0.1) is 15.8 Å². The van der Waals surface area contributed by atoms with Crippen LogP contribution in [0.4, 0.5) is 13.2 Å². The van der Waals surface area contributed by atoms with Crippen molar-refractivity contribution >= 4 is 21.6 Å². The van der Waals surface area contributed by atoms with Crippen molar-refractivity contribution in [1.29, 1.82) is 0 Å². The molecule has 3 rings (SSSR count). The van der Waals surface area contributed by atoms with Gasteiger partial charge in [-0.25, -0.2) is 4.98 Å². The molecule has 0 fully saturated rings. The maximum absolute atomic E-state index is 13.0. The summed E-state index contributed by atoms with van der Waals surface area (Å²) in [5.74, 6) is 0. The monoisotopic (exact) mass is 293 g/mol. The summed E-state index contributed by atoms with van der Waals surface area (Å²) in [6, 6.07) is 11.2. The number of thiazole rings is 1. The van der Waals surface area contributed by atoms with Crippen LogP contribution < -0.4 is 0 Å². The van der Waals surface area contributed by atoms with Crippen LogP contribution in [0.1, 0.15) is 11.1 Å². The zero-order valence-electron chi connectivity index (χ0n) is 10.5. The van der Waals surface area contributed by atoms with E-state index < -0.39 is 11.7 Å². The quantitative estimate of drug-likeness (QED) is 0.594. The van der Waals surface area contributed by atoms with Crippen molar-refractivity contribution in [3.8, 4) is 10.6 Å². The summed E-state index contributed by atoms with van der Waals surface area (Å²) in [6.07, 6.45) is -4.37. The SMILES string of the molecule is Cc1cccc2sc(-c3ccccc3C(F)(F)F)nc12. The fraction of sp³-hybridized carbons (Fsp3) is 0.133. The van der Waals surface area contributed by atoms with Crippen LogP contribution in [0.3, 0.4) is 0 Å². The molecule has 0 amide bonds. The molecule has 2 aromatic carbocycles. The van der Waals surface area contributed by atoms with Gasteiger partial charge < -0.3 is 0 Å². The van der Waals surface area contributed by atoms with Gasteiger partial charge in [0.25, 0.3) is 0 Å². The fourth-order valence-corrected chi connectivity index (χ4v) is 3.20. The predicted molar refractivity (Wildman–Crippen MR) is 74.8 cm³/mol. The van der Waals surface area contributed by atoms with Crippen LogP contribution in [0.15, 0.2) is 42.5 Å². The summed E-state index contributed by atoms with van der Waals surface area (Å²) in [5.41, 5.74) is 1.23. The van der Waals surface area contributed by atoms with Crippen LogP contribution in [0.5, 0.6) is 0 Å². The lowest BCUT2D eigenvalue weighted by atomic mass is 10.1. The summed E-state index contributed by atoms with van der Waals surface area (Å²) in [7, 11) is 0. The van der Waals surface area contributed by atoms with E-state index in [1.165, 1.54) is 23.5 Å². The Morgan fingerprint density at radius 3 is 2.45 bits per heavy atom. The highest BCUT2D eigenvalue weighted by Gasteiger charge is 2.34. The molecule has 0 aliphatic rings. The van der Waals surface area contributed by atoms with E-state index in [-0.39, 0.29) is 5.56 Å². The van der Waals surface area contributed by atoms with Gasteiger partial charge >= 0.3 is 6.18 Å². The van der Waals surface area contributed by atoms with Gasteiger partial charge in [0.2, 0.25) is 0 Å². The number of fused-ring (bicyclic) bond motifs is 1. The van der Waals surface area contributed by atoms with E-state index in [0.717, 1.165) is 21.8 Å². The van der Waals surface area contributed by atoms with Gasteiger partial charge in [-0.1, -0.05) is 30.3 Å². The first-order chi connectivity index (χ1) is 9.47. The van der Waals surface area contributed by atoms with E-state index in [4.69, 9.17) is 0 Å². The first-order valence-corrected chi connectivity index (χ1v) is 6.81. The average molecular weight is 293 g/mol. The molecule has 0 aliphatic heterocycles. The fourth-order valence-electron chi connectivity index (χ4n) is 2.12. The first-order valence-electron chi connectivity index (χ1n) is 5.99. The minimum absolute atomic E-state index is 0.139. The van der Waals surface area contributed by atoms with Crippen LogP contribution in [-0.2, 0) is 6.18 Å². The van der Waals surface area contributed by atoms with Crippen molar-refractivity contribution in [2.24, 2.45) is 0 Å². The zero-order chi connectivity index (χ0) is 14.3. The van der Waals surface area contributed by atoms with Gasteiger partial charge in [-0.3, -0.25) is 0 Å². The molecule has 3 aromatic rings. The van der Waals surface area contributed by atoms with Gasteiger partial charge in [-0.15, -0.1) is 11.3 Å². The lowest BCUT2D eigenvalue weighted by Crippen LogP contribution is -2.06. The van der Waals surface area contributed by atoms with Crippen molar-refractivity contribution in [3.63, 3.8) is 0 Å². The Kier molecular flexibility index (Phi) is 3.01. The molecule has 1 nitrogen and oxygen atoms in total. The van der Waals surface area contributed by atoms with E-state index >= 15 is 0 Å². The summed E-state index contributed by atoms with van der Waals surface area (Å²) < 4.78 is 40.0. The Morgan fingerprint density at radius 2 is 1.75 bits per heavy atom. The van der Waals surface area contributed by atoms with E-state index in [9.17, 15) is 13.2 Å². The number of rotatable bonds is 1. The summed E-state index contributed by atoms with van der Waals surface area (Å²) in [5, 5.41) is 0.405. The Balaban J connectivity index is 2.24. The maximum atomic E-state index is 13.0. The van der Waals surface area contributed by atoms with E-state index in [1.807, 2.05) is 25.1 Å². The largest absolute Gasteiger partial charge is 0.417 e. The summed E-state index contributed by atoms with van der Waals surface area (Å²) >= 11 is 1.28. The normalized spacial score (nSPS) is 12.0. The first kappa shape index (κ1) is 13.1. The molecule has 0 N–H and O–H groups in total. The highest BCUT2D eigenvalue weighted by molar-refractivity contribution is 7.21. The van der Waals surface area contributed by atoms with Crippen LogP contribution >= 0.6 is 11.3 Å². The number of aryl methyl sites for hydroxylation is 1. The Hall–Kier alpha value is -1.88. The van der Waals surface area contributed by atoms with E-state index in [0.29, 0.717) is 5.01 Å².